The first-order valence-electron chi connectivity index (χ1n) is 11.2. The van der Waals surface area contributed by atoms with Crippen molar-refractivity contribution in [3.63, 3.8) is 0 Å². The highest BCUT2D eigenvalue weighted by molar-refractivity contribution is 7.99. The Bertz CT molecular complexity index is 1130. The molecule has 1 aromatic heterocycles. The molecule has 1 N–H and O–H groups in total. The number of anilines is 1. The van der Waals surface area contributed by atoms with Crippen LogP contribution in [-0.4, -0.2) is 36.2 Å². The molecule has 1 amide bonds. The number of carbonyl (C=O) groups is 2. The molecule has 0 atom stereocenters. The van der Waals surface area contributed by atoms with Crippen molar-refractivity contribution in [3.05, 3.63) is 81.2 Å². The predicted octanol–water partition coefficient (Wildman–Crippen LogP) is 6.26. The molecule has 4 rings (SSSR count). The lowest BCUT2D eigenvalue weighted by atomic mass is 10.0. The average molecular weight is 515 g/mol. The molecule has 2 aromatic carbocycles. The molecule has 0 saturated carbocycles. The maximum atomic E-state index is 12.7. The molecule has 0 spiro atoms. The largest absolute Gasteiger partial charge is 0.465 e. The van der Waals surface area contributed by atoms with Gasteiger partial charge >= 0.3 is 5.97 Å². The molecule has 2 heterocycles. The number of rotatable bonds is 9. The average Bonchev–Trinajstić information content (AvgIpc) is 3.20. The number of carbonyl (C=O) groups excluding carboxylic acids is 2. The highest BCUT2D eigenvalue weighted by atomic mass is 35.5. The number of esters is 1. The topological polar surface area (TPSA) is 58.6 Å². The molecule has 5 nitrogen and oxygen atoms in total. The SMILES string of the molecule is COC(=O)c1c(NC(=O)CCCSc2ccc(Cl)cc2)sc2c1CCN(Cc1ccccc1)C2. The molecule has 8 heteroatoms. The van der Waals surface area contributed by atoms with Crippen molar-refractivity contribution >= 4 is 51.6 Å². The van der Waals surface area contributed by atoms with Gasteiger partial charge in [-0.2, -0.15) is 0 Å². The smallest absolute Gasteiger partial charge is 0.341 e. The zero-order chi connectivity index (χ0) is 23.9. The minimum Gasteiger partial charge on any atom is -0.465 e. The van der Waals surface area contributed by atoms with Crippen LogP contribution < -0.4 is 5.32 Å². The van der Waals surface area contributed by atoms with Gasteiger partial charge < -0.3 is 10.1 Å². The van der Waals surface area contributed by atoms with E-state index in [1.54, 1.807) is 11.8 Å². The number of fused-ring (bicyclic) bond motifs is 1. The van der Waals surface area contributed by atoms with Crippen LogP contribution in [0, 0.1) is 0 Å². The van der Waals surface area contributed by atoms with Crippen molar-refractivity contribution in [2.24, 2.45) is 0 Å². The first-order chi connectivity index (χ1) is 16.5. The second-order valence-electron chi connectivity index (χ2n) is 8.10. The van der Waals surface area contributed by atoms with E-state index < -0.39 is 0 Å². The highest BCUT2D eigenvalue weighted by Gasteiger charge is 2.29. The lowest BCUT2D eigenvalue weighted by Crippen LogP contribution is -2.29. The molecule has 34 heavy (non-hydrogen) atoms. The third-order valence-corrected chi connectivity index (χ3v) is 8.14. The Morgan fingerprint density at radius 3 is 2.65 bits per heavy atom. The monoisotopic (exact) mass is 514 g/mol. The van der Waals surface area contributed by atoms with Gasteiger partial charge in [-0.3, -0.25) is 9.69 Å². The van der Waals surface area contributed by atoms with Gasteiger partial charge in [0.05, 0.1) is 12.7 Å². The van der Waals surface area contributed by atoms with Gasteiger partial charge in [0.2, 0.25) is 5.91 Å². The first kappa shape index (κ1) is 24.8. The number of methoxy groups -OCH3 is 1. The van der Waals surface area contributed by atoms with Crippen molar-refractivity contribution < 1.29 is 14.3 Å². The number of hydrogen-bond donors (Lipinski definition) is 1. The molecular weight excluding hydrogens is 488 g/mol. The zero-order valence-corrected chi connectivity index (χ0v) is 21.4. The summed E-state index contributed by atoms with van der Waals surface area (Å²) >= 11 is 9.11. The third-order valence-electron chi connectivity index (χ3n) is 5.66. The number of thioether (sulfide) groups is 1. The number of amides is 1. The Morgan fingerprint density at radius 2 is 1.91 bits per heavy atom. The summed E-state index contributed by atoms with van der Waals surface area (Å²) in [5, 5.41) is 4.31. The fourth-order valence-electron chi connectivity index (χ4n) is 3.98. The van der Waals surface area contributed by atoms with E-state index >= 15 is 0 Å². The summed E-state index contributed by atoms with van der Waals surface area (Å²) in [5.41, 5.74) is 2.79. The quantitative estimate of drug-likeness (QED) is 0.207. The second kappa shape index (κ2) is 11.9. The standard InChI is InChI=1S/C26H27ClN2O3S2/c1-32-26(31)24-21-13-14-29(16-18-6-3-2-4-7-18)17-22(21)34-25(24)28-23(30)8-5-15-33-20-11-9-19(27)10-12-20/h2-4,6-7,9-12H,5,8,13-17H2,1H3,(H,28,30). The van der Waals surface area contributed by atoms with Crippen molar-refractivity contribution in [1.29, 1.82) is 0 Å². The van der Waals surface area contributed by atoms with E-state index in [1.807, 2.05) is 42.5 Å². The lowest BCUT2D eigenvalue weighted by molar-refractivity contribution is -0.116. The maximum Gasteiger partial charge on any atom is 0.341 e. The molecule has 178 valence electrons. The van der Waals surface area contributed by atoms with Crippen LogP contribution in [0.2, 0.25) is 5.02 Å². The van der Waals surface area contributed by atoms with Crippen LogP contribution in [-0.2, 0) is 29.0 Å². The van der Waals surface area contributed by atoms with Crippen molar-refractivity contribution in [2.45, 2.75) is 37.2 Å². The summed E-state index contributed by atoms with van der Waals surface area (Å²) < 4.78 is 5.05. The van der Waals surface area contributed by atoms with Crippen molar-refractivity contribution in [3.8, 4) is 0 Å². The molecule has 1 aliphatic heterocycles. The number of thiophene rings is 1. The fourth-order valence-corrected chi connectivity index (χ4v) is 6.25. The van der Waals surface area contributed by atoms with E-state index in [1.165, 1.54) is 24.0 Å². The van der Waals surface area contributed by atoms with Crippen LogP contribution in [0.1, 0.15) is 39.2 Å². The molecule has 0 fully saturated rings. The number of hydrogen-bond acceptors (Lipinski definition) is 6. The summed E-state index contributed by atoms with van der Waals surface area (Å²) in [6, 6.07) is 18.1. The van der Waals surface area contributed by atoms with Crippen molar-refractivity contribution in [2.75, 3.05) is 24.7 Å². The van der Waals surface area contributed by atoms with Crippen molar-refractivity contribution in [1.82, 2.24) is 4.90 Å². The van der Waals surface area contributed by atoms with Gasteiger partial charge in [-0.15, -0.1) is 23.1 Å². The minimum absolute atomic E-state index is 0.0819. The summed E-state index contributed by atoms with van der Waals surface area (Å²) in [5.74, 6) is 0.359. The molecule has 1 aliphatic rings. The van der Waals surface area contributed by atoms with Gasteiger partial charge in [-0.05, 0) is 54.0 Å². The summed E-state index contributed by atoms with van der Waals surface area (Å²) in [7, 11) is 1.39. The predicted molar refractivity (Wildman–Crippen MR) is 140 cm³/mol. The molecule has 0 bridgehead atoms. The Morgan fingerprint density at radius 1 is 1.15 bits per heavy atom. The van der Waals surface area contributed by atoms with Gasteiger partial charge in [0, 0.05) is 40.9 Å². The normalized spacial score (nSPS) is 13.4. The summed E-state index contributed by atoms with van der Waals surface area (Å²) in [4.78, 5) is 29.8. The molecule has 0 unspecified atom stereocenters. The van der Waals surface area contributed by atoms with Gasteiger partial charge in [-0.1, -0.05) is 41.9 Å². The summed E-state index contributed by atoms with van der Waals surface area (Å²) in [6.07, 6.45) is 1.89. The van der Waals surface area contributed by atoms with Crippen LogP contribution in [0.4, 0.5) is 5.00 Å². The lowest BCUT2D eigenvalue weighted by Gasteiger charge is -2.27. The van der Waals surface area contributed by atoms with E-state index in [0.717, 1.165) is 53.6 Å². The number of halogens is 1. The number of benzene rings is 2. The number of nitrogens with one attached hydrogen (secondary N) is 1. The van der Waals surface area contributed by atoms with E-state index in [-0.39, 0.29) is 11.9 Å². The molecule has 0 saturated heterocycles. The van der Waals surface area contributed by atoms with E-state index in [2.05, 4.69) is 22.3 Å². The van der Waals surface area contributed by atoms with Gasteiger partial charge in [-0.25, -0.2) is 4.79 Å². The Hall–Kier alpha value is -2.32. The second-order valence-corrected chi connectivity index (χ2v) is 10.8. The molecule has 3 aromatic rings. The van der Waals surface area contributed by atoms with Gasteiger partial charge in [0.15, 0.2) is 0 Å². The number of ether oxygens (including phenoxy) is 1. The molecule has 0 radical (unpaired) electrons. The molecular formula is C26H27ClN2O3S2. The van der Waals surface area contributed by atoms with Crippen LogP contribution in [0.25, 0.3) is 0 Å². The van der Waals surface area contributed by atoms with E-state index in [4.69, 9.17) is 16.3 Å². The maximum absolute atomic E-state index is 12.7. The van der Waals surface area contributed by atoms with Gasteiger partial charge in [0.1, 0.15) is 5.00 Å². The summed E-state index contributed by atoms with van der Waals surface area (Å²) in [6.45, 7) is 2.48. The number of nitrogens with zero attached hydrogens (tertiary/aromatic N) is 1. The van der Waals surface area contributed by atoms with Crippen LogP contribution in [0.15, 0.2) is 59.5 Å². The fraction of sp³-hybridized carbons (Fsp3) is 0.308. The molecule has 0 aliphatic carbocycles. The van der Waals surface area contributed by atoms with E-state index in [9.17, 15) is 9.59 Å². The van der Waals surface area contributed by atoms with E-state index in [0.29, 0.717) is 22.0 Å². The highest BCUT2D eigenvalue weighted by Crippen LogP contribution is 2.38. The first-order valence-corrected chi connectivity index (χ1v) is 13.4. The third kappa shape index (κ3) is 6.42. The minimum atomic E-state index is -0.386. The van der Waals surface area contributed by atoms with Crippen LogP contribution in [0.3, 0.4) is 0 Å². The van der Waals surface area contributed by atoms with Crippen LogP contribution in [0.5, 0.6) is 0 Å². The van der Waals surface area contributed by atoms with Gasteiger partial charge in [0.25, 0.3) is 0 Å². The Balaban J connectivity index is 1.36. The van der Waals surface area contributed by atoms with Crippen LogP contribution >= 0.6 is 34.7 Å². The zero-order valence-electron chi connectivity index (χ0n) is 19.0. The Kier molecular flexibility index (Phi) is 8.67. The Labute approximate surface area is 213 Å².